The maximum atomic E-state index is 13.2. The van der Waals surface area contributed by atoms with Crippen molar-refractivity contribution in [1.29, 1.82) is 0 Å². The largest absolute Gasteiger partial charge is 0.340 e. The topological polar surface area (TPSA) is 116 Å². The van der Waals surface area contributed by atoms with Crippen molar-refractivity contribution in [3.63, 3.8) is 0 Å². The zero-order valence-corrected chi connectivity index (χ0v) is 20.7. The summed E-state index contributed by atoms with van der Waals surface area (Å²) in [7, 11) is 0. The number of urea groups is 1. The van der Waals surface area contributed by atoms with E-state index in [1.807, 2.05) is 24.3 Å². The average Bonchev–Trinajstić information content (AvgIpc) is 3.32. The van der Waals surface area contributed by atoms with Gasteiger partial charge in [0.1, 0.15) is 23.8 Å². The van der Waals surface area contributed by atoms with Gasteiger partial charge in [0.25, 0.3) is 0 Å². The van der Waals surface area contributed by atoms with E-state index in [0.717, 1.165) is 25.0 Å². The maximum Gasteiger partial charge on any atom is 0.330 e. The van der Waals surface area contributed by atoms with Gasteiger partial charge < -0.3 is 20.9 Å². The molecule has 4 aromatic rings. The molecule has 0 aliphatic carbocycles. The number of carbonyl (C=O) groups excluding carboxylic acids is 2. The summed E-state index contributed by atoms with van der Waals surface area (Å²) in [5.41, 5.74) is 1.85. The van der Waals surface area contributed by atoms with Gasteiger partial charge in [-0.25, -0.2) is 23.9 Å². The highest BCUT2D eigenvalue weighted by Gasteiger charge is 2.11. The van der Waals surface area contributed by atoms with E-state index in [9.17, 15) is 14.0 Å². The van der Waals surface area contributed by atoms with E-state index in [1.165, 1.54) is 35.2 Å². The first-order valence-electron chi connectivity index (χ1n) is 12.0. The fraction of sp³-hybridized carbons (Fsp3) is 0.231. The molecule has 0 aliphatic rings. The normalized spacial score (nSPS) is 10.9. The Kier molecular flexibility index (Phi) is 8.26. The third-order valence-corrected chi connectivity index (χ3v) is 5.80. The summed E-state index contributed by atoms with van der Waals surface area (Å²) in [5.74, 6) is 0.446. The van der Waals surface area contributed by atoms with Gasteiger partial charge in [-0.2, -0.15) is 0 Å². The number of carbonyl (C=O) groups is 2. The summed E-state index contributed by atoms with van der Waals surface area (Å²) in [4.78, 5) is 35.6. The predicted octanol–water partition coefficient (Wildman–Crippen LogP) is 4.86. The molecular formula is C26H29FN8O2. The molecule has 0 aliphatic heterocycles. The van der Waals surface area contributed by atoms with Crippen LogP contribution in [0.1, 0.15) is 13.8 Å². The summed E-state index contributed by atoms with van der Waals surface area (Å²) < 4.78 is 14.6. The van der Waals surface area contributed by atoms with Crippen molar-refractivity contribution in [2.24, 2.45) is 0 Å². The second-order valence-electron chi connectivity index (χ2n) is 8.22. The van der Waals surface area contributed by atoms with E-state index in [-0.39, 0.29) is 17.9 Å². The first-order chi connectivity index (χ1) is 17.9. The van der Waals surface area contributed by atoms with E-state index in [0.29, 0.717) is 35.1 Å². The van der Waals surface area contributed by atoms with Crippen molar-refractivity contribution >= 4 is 46.0 Å². The van der Waals surface area contributed by atoms with Crippen molar-refractivity contribution < 1.29 is 14.0 Å². The molecule has 2 aromatic carbocycles. The molecule has 0 unspecified atom stereocenters. The van der Waals surface area contributed by atoms with Gasteiger partial charge in [-0.15, -0.1) is 0 Å². The number of amides is 3. The average molecular weight is 505 g/mol. The summed E-state index contributed by atoms with van der Waals surface area (Å²) in [6, 6.07) is 13.8. The molecule has 0 saturated carbocycles. The van der Waals surface area contributed by atoms with Crippen LogP contribution in [0.2, 0.25) is 0 Å². The Balaban J connectivity index is 1.41. The van der Waals surface area contributed by atoms with Gasteiger partial charge in [-0.1, -0.05) is 19.9 Å². The number of hydrogen-bond acceptors (Lipinski definition) is 6. The van der Waals surface area contributed by atoms with E-state index < -0.39 is 0 Å². The molecule has 10 nitrogen and oxygen atoms in total. The number of nitrogens with zero attached hydrogens (tertiary/aromatic N) is 4. The number of benzene rings is 2. The summed E-state index contributed by atoms with van der Waals surface area (Å²) in [5, 5.41) is 12.3. The number of anilines is 4. The Morgan fingerprint density at radius 2 is 1.65 bits per heavy atom. The molecule has 37 heavy (non-hydrogen) atoms. The van der Waals surface area contributed by atoms with Crippen LogP contribution in [0.25, 0.3) is 10.9 Å². The zero-order valence-electron chi connectivity index (χ0n) is 20.7. The number of hydrogen-bond donors (Lipinski definition) is 4. The van der Waals surface area contributed by atoms with E-state index in [1.54, 1.807) is 12.3 Å². The number of halogens is 1. The first-order valence-corrected chi connectivity index (χ1v) is 12.0. The smallest absolute Gasteiger partial charge is 0.330 e. The Morgan fingerprint density at radius 3 is 2.41 bits per heavy atom. The molecule has 3 amide bonds. The highest BCUT2D eigenvalue weighted by molar-refractivity contribution is 5.99. The molecule has 4 rings (SSSR count). The number of rotatable bonds is 9. The monoisotopic (exact) mass is 504 g/mol. The molecule has 0 bridgehead atoms. The number of fused-ring (bicyclic) bond motifs is 1. The van der Waals surface area contributed by atoms with E-state index in [4.69, 9.17) is 0 Å². The van der Waals surface area contributed by atoms with Crippen molar-refractivity contribution in [2.75, 3.05) is 42.1 Å². The van der Waals surface area contributed by atoms with Crippen LogP contribution in [0.4, 0.5) is 37.0 Å². The second kappa shape index (κ2) is 12.0. The lowest BCUT2D eigenvalue weighted by atomic mass is 10.2. The van der Waals surface area contributed by atoms with Crippen LogP contribution in [0, 0.1) is 5.82 Å². The maximum absolute atomic E-state index is 13.2. The van der Waals surface area contributed by atoms with Crippen LogP contribution < -0.4 is 21.3 Å². The van der Waals surface area contributed by atoms with E-state index in [2.05, 4.69) is 50.0 Å². The van der Waals surface area contributed by atoms with E-state index >= 15 is 0 Å². The molecular weight excluding hydrogens is 475 g/mol. The number of nitrogens with one attached hydrogen (secondary N) is 4. The molecule has 2 heterocycles. The molecule has 0 radical (unpaired) electrons. The van der Waals surface area contributed by atoms with Crippen LogP contribution >= 0.6 is 0 Å². The Morgan fingerprint density at radius 1 is 0.919 bits per heavy atom. The molecule has 11 heteroatoms. The summed E-state index contributed by atoms with van der Waals surface area (Å²) >= 11 is 0. The molecule has 0 fully saturated rings. The molecule has 192 valence electrons. The molecule has 2 aromatic heterocycles. The van der Waals surface area contributed by atoms with Gasteiger partial charge in [0.2, 0.25) is 0 Å². The van der Waals surface area contributed by atoms with Crippen molar-refractivity contribution in [2.45, 2.75) is 13.8 Å². The second-order valence-corrected chi connectivity index (χ2v) is 8.22. The SMILES string of the molecule is CCN(CC)CCNC(=O)Nc1cc(Nc2ccc3ccn(C(=O)Nc4ccc(F)cc4)c3c2)ncn1. The van der Waals surface area contributed by atoms with Crippen molar-refractivity contribution in [3.8, 4) is 0 Å². The Labute approximate surface area is 213 Å². The first kappa shape index (κ1) is 25.6. The third-order valence-electron chi connectivity index (χ3n) is 5.80. The molecule has 0 saturated heterocycles. The minimum Gasteiger partial charge on any atom is -0.340 e. The minimum atomic E-state index is -0.376. The van der Waals surface area contributed by atoms with Gasteiger partial charge in [-0.3, -0.25) is 9.88 Å². The van der Waals surface area contributed by atoms with Crippen LogP contribution in [0.15, 0.2) is 67.1 Å². The summed E-state index contributed by atoms with van der Waals surface area (Å²) in [6.07, 6.45) is 3.02. The zero-order chi connectivity index (χ0) is 26.2. The van der Waals surface area contributed by atoms with Gasteiger partial charge in [0.05, 0.1) is 5.52 Å². The highest BCUT2D eigenvalue weighted by Crippen LogP contribution is 2.24. The highest BCUT2D eigenvalue weighted by atomic mass is 19.1. The van der Waals surface area contributed by atoms with Crippen molar-refractivity contribution in [3.05, 3.63) is 72.9 Å². The number of aromatic nitrogens is 3. The molecule has 0 atom stereocenters. The van der Waals surface area contributed by atoms with Gasteiger partial charge >= 0.3 is 12.1 Å². The lowest BCUT2D eigenvalue weighted by molar-refractivity contribution is 0.247. The van der Waals surface area contributed by atoms with Gasteiger partial charge in [0, 0.05) is 42.1 Å². The third kappa shape index (κ3) is 6.79. The van der Waals surface area contributed by atoms with Crippen LogP contribution in [0.3, 0.4) is 0 Å². The van der Waals surface area contributed by atoms with Crippen LogP contribution in [0.5, 0.6) is 0 Å². The Bertz CT molecular complexity index is 1370. The Hall–Kier alpha value is -4.51. The fourth-order valence-electron chi connectivity index (χ4n) is 3.77. The predicted molar refractivity (Wildman–Crippen MR) is 143 cm³/mol. The van der Waals surface area contributed by atoms with Crippen molar-refractivity contribution in [1.82, 2.24) is 24.8 Å². The van der Waals surface area contributed by atoms with Crippen LogP contribution in [-0.2, 0) is 0 Å². The van der Waals surface area contributed by atoms with Gasteiger partial charge in [-0.05, 0) is 55.6 Å². The quantitative estimate of drug-likeness (QED) is 0.259. The fourth-order valence-corrected chi connectivity index (χ4v) is 3.77. The van der Waals surface area contributed by atoms with Crippen LogP contribution in [-0.4, -0.2) is 57.7 Å². The lowest BCUT2D eigenvalue weighted by Gasteiger charge is -2.18. The minimum absolute atomic E-state index is 0.344. The summed E-state index contributed by atoms with van der Waals surface area (Å²) in [6.45, 7) is 7.31. The standard InChI is InChI=1S/C26H29FN8O2/c1-3-34(4-2)14-12-28-25(36)33-24-16-23(29-17-30-24)31-21-8-5-18-11-13-35(22(18)15-21)26(37)32-20-9-6-19(27)7-10-20/h5-11,13,15-17H,3-4,12,14H2,1-2H3,(H,32,37)(H3,28,29,30,31,33,36). The molecule has 4 N–H and O–H groups in total. The number of likely N-dealkylation sites (N-methyl/N-ethyl adjacent to an activating group) is 1. The molecule has 0 spiro atoms. The van der Waals surface area contributed by atoms with Gasteiger partial charge in [0.15, 0.2) is 0 Å². The lowest BCUT2D eigenvalue weighted by Crippen LogP contribution is -2.37.